The topological polar surface area (TPSA) is 127 Å². The maximum atomic E-state index is 12.7. The average molecular weight is 402 g/mol. The molecular formula is C19H22N4O4S. The lowest BCUT2D eigenvalue weighted by atomic mass is 10.0. The fourth-order valence-electron chi connectivity index (χ4n) is 3.36. The molecule has 0 unspecified atom stereocenters. The van der Waals surface area contributed by atoms with Gasteiger partial charge in [0.15, 0.2) is 0 Å². The van der Waals surface area contributed by atoms with E-state index in [4.69, 9.17) is 10.9 Å². The molecule has 28 heavy (non-hydrogen) atoms. The van der Waals surface area contributed by atoms with Crippen LogP contribution in [0.25, 0.3) is 0 Å². The molecule has 9 heteroatoms. The number of nitrogens with zero attached hydrogens (tertiary/aromatic N) is 2. The van der Waals surface area contributed by atoms with Crippen molar-refractivity contribution in [3.8, 4) is 0 Å². The Morgan fingerprint density at radius 3 is 2.14 bits per heavy atom. The number of rotatable bonds is 5. The summed E-state index contributed by atoms with van der Waals surface area (Å²) in [7, 11) is -3.88. The second-order valence-corrected chi connectivity index (χ2v) is 8.18. The van der Waals surface area contributed by atoms with E-state index in [9.17, 15) is 18.0 Å². The summed E-state index contributed by atoms with van der Waals surface area (Å²) < 4.78 is 23.0. The van der Waals surface area contributed by atoms with Crippen molar-refractivity contribution in [3.63, 3.8) is 0 Å². The highest BCUT2D eigenvalue weighted by molar-refractivity contribution is 7.89. The molecule has 2 aromatic rings. The Balaban J connectivity index is 1.71. The Morgan fingerprint density at radius 1 is 0.929 bits per heavy atom. The van der Waals surface area contributed by atoms with Crippen molar-refractivity contribution in [1.29, 1.82) is 0 Å². The van der Waals surface area contributed by atoms with E-state index in [0.29, 0.717) is 26.2 Å². The Morgan fingerprint density at radius 2 is 1.57 bits per heavy atom. The van der Waals surface area contributed by atoms with Crippen LogP contribution in [0.4, 0.5) is 0 Å². The van der Waals surface area contributed by atoms with Gasteiger partial charge in [-0.2, -0.15) is 0 Å². The molecule has 2 amide bonds. The summed E-state index contributed by atoms with van der Waals surface area (Å²) in [5.41, 5.74) is 6.69. The lowest BCUT2D eigenvalue weighted by Gasteiger charge is -2.38. The van der Waals surface area contributed by atoms with Gasteiger partial charge < -0.3 is 10.6 Å². The minimum atomic E-state index is -3.88. The standard InChI is InChI=1S/C19H22N4O4S/c20-18(24)17(14-5-2-1-3-6-14)22-9-11-23(12-10-22)19(25)15-7-4-8-16(13-15)28(21,26)27/h1-8,13,17H,9-12H2,(H2,20,24)(H2,21,26,27)/t17-/m0/s1. The molecule has 3 rings (SSSR count). The maximum absolute atomic E-state index is 12.7. The van der Waals surface area contributed by atoms with E-state index in [1.807, 2.05) is 35.2 Å². The number of amides is 2. The van der Waals surface area contributed by atoms with Crippen LogP contribution in [-0.4, -0.2) is 56.2 Å². The number of nitrogens with two attached hydrogens (primary N) is 2. The van der Waals surface area contributed by atoms with E-state index in [1.165, 1.54) is 18.2 Å². The summed E-state index contributed by atoms with van der Waals surface area (Å²) in [6.45, 7) is 1.75. The smallest absolute Gasteiger partial charge is 0.253 e. The van der Waals surface area contributed by atoms with Gasteiger partial charge in [0.1, 0.15) is 6.04 Å². The molecule has 0 bridgehead atoms. The maximum Gasteiger partial charge on any atom is 0.253 e. The molecule has 8 nitrogen and oxygen atoms in total. The van der Waals surface area contributed by atoms with Gasteiger partial charge in [-0.3, -0.25) is 14.5 Å². The van der Waals surface area contributed by atoms with E-state index in [-0.39, 0.29) is 16.4 Å². The molecule has 0 saturated carbocycles. The van der Waals surface area contributed by atoms with Crippen LogP contribution in [0.15, 0.2) is 59.5 Å². The molecule has 1 fully saturated rings. The van der Waals surface area contributed by atoms with E-state index in [2.05, 4.69) is 0 Å². The predicted octanol–water partition coefficient (Wildman–Crippen LogP) is 0.318. The zero-order chi connectivity index (χ0) is 20.3. The van der Waals surface area contributed by atoms with Gasteiger partial charge in [0.05, 0.1) is 4.90 Å². The number of primary sulfonamides is 1. The van der Waals surface area contributed by atoms with Crippen LogP contribution in [0.2, 0.25) is 0 Å². The molecule has 1 atom stereocenters. The van der Waals surface area contributed by atoms with Gasteiger partial charge in [-0.15, -0.1) is 0 Å². The van der Waals surface area contributed by atoms with Crippen molar-refractivity contribution >= 4 is 21.8 Å². The Bertz CT molecular complexity index is 970. The third kappa shape index (κ3) is 4.38. The fraction of sp³-hybridized carbons (Fsp3) is 0.263. The summed E-state index contributed by atoms with van der Waals surface area (Å²) in [4.78, 5) is 28.2. The second-order valence-electron chi connectivity index (χ2n) is 6.62. The third-order valence-electron chi connectivity index (χ3n) is 4.76. The predicted molar refractivity (Wildman–Crippen MR) is 104 cm³/mol. The van der Waals surface area contributed by atoms with Gasteiger partial charge in [-0.1, -0.05) is 36.4 Å². The SMILES string of the molecule is NC(=O)[C@H](c1ccccc1)N1CCN(C(=O)c2cccc(S(N)(=O)=O)c2)CC1. The molecule has 0 radical (unpaired) electrons. The lowest BCUT2D eigenvalue weighted by molar-refractivity contribution is -0.124. The first-order valence-electron chi connectivity index (χ1n) is 8.78. The van der Waals surface area contributed by atoms with Gasteiger partial charge in [-0.25, -0.2) is 13.6 Å². The first kappa shape index (κ1) is 20.0. The molecule has 0 aromatic heterocycles. The van der Waals surface area contributed by atoms with Gasteiger partial charge in [0.2, 0.25) is 15.9 Å². The molecule has 1 saturated heterocycles. The summed E-state index contributed by atoms with van der Waals surface area (Å²) in [6, 6.07) is 14.4. The number of carbonyl (C=O) groups excluding carboxylic acids is 2. The molecule has 0 spiro atoms. The minimum absolute atomic E-state index is 0.102. The van der Waals surface area contributed by atoms with Gasteiger partial charge in [0.25, 0.3) is 5.91 Å². The Labute approximate surface area is 163 Å². The number of piperazine rings is 1. The van der Waals surface area contributed by atoms with Crippen LogP contribution in [-0.2, 0) is 14.8 Å². The van der Waals surface area contributed by atoms with Gasteiger partial charge >= 0.3 is 0 Å². The summed E-state index contributed by atoms with van der Waals surface area (Å²) in [5, 5.41) is 5.14. The zero-order valence-electron chi connectivity index (χ0n) is 15.2. The van der Waals surface area contributed by atoms with Crippen LogP contribution in [0, 0.1) is 0 Å². The van der Waals surface area contributed by atoms with Crippen LogP contribution >= 0.6 is 0 Å². The lowest BCUT2D eigenvalue weighted by Crippen LogP contribution is -2.51. The van der Waals surface area contributed by atoms with Crippen molar-refractivity contribution in [3.05, 3.63) is 65.7 Å². The van der Waals surface area contributed by atoms with Crippen molar-refractivity contribution in [1.82, 2.24) is 9.80 Å². The summed E-state index contributed by atoms with van der Waals surface area (Å²) in [6.07, 6.45) is 0. The van der Waals surface area contributed by atoms with Crippen molar-refractivity contribution in [2.45, 2.75) is 10.9 Å². The number of hydrogen-bond donors (Lipinski definition) is 2. The number of benzene rings is 2. The van der Waals surface area contributed by atoms with Crippen molar-refractivity contribution in [2.24, 2.45) is 10.9 Å². The monoisotopic (exact) mass is 402 g/mol. The molecule has 0 aliphatic carbocycles. The highest BCUT2D eigenvalue weighted by atomic mass is 32.2. The quantitative estimate of drug-likeness (QED) is 0.745. The van der Waals surface area contributed by atoms with E-state index >= 15 is 0 Å². The normalized spacial score (nSPS) is 16.5. The molecule has 148 valence electrons. The first-order valence-corrected chi connectivity index (χ1v) is 10.3. The molecule has 4 N–H and O–H groups in total. The summed E-state index contributed by atoms with van der Waals surface area (Å²) in [5.74, 6) is -0.715. The zero-order valence-corrected chi connectivity index (χ0v) is 16.0. The van der Waals surface area contributed by atoms with Gasteiger partial charge in [0, 0.05) is 31.7 Å². The fourth-order valence-corrected chi connectivity index (χ4v) is 3.92. The van der Waals surface area contributed by atoms with E-state index < -0.39 is 22.0 Å². The number of hydrogen-bond acceptors (Lipinski definition) is 5. The summed E-state index contributed by atoms with van der Waals surface area (Å²) >= 11 is 0. The van der Waals surface area contributed by atoms with Crippen LogP contribution in [0.3, 0.4) is 0 Å². The third-order valence-corrected chi connectivity index (χ3v) is 5.67. The Kier molecular flexibility index (Phi) is 5.78. The molecule has 1 aliphatic heterocycles. The van der Waals surface area contributed by atoms with Gasteiger partial charge in [-0.05, 0) is 23.8 Å². The molecule has 1 heterocycles. The van der Waals surface area contributed by atoms with Crippen LogP contribution in [0.5, 0.6) is 0 Å². The first-order chi connectivity index (χ1) is 13.3. The molecular weight excluding hydrogens is 380 g/mol. The molecule has 1 aliphatic rings. The largest absolute Gasteiger partial charge is 0.368 e. The number of carbonyl (C=O) groups is 2. The molecule has 2 aromatic carbocycles. The number of sulfonamides is 1. The average Bonchev–Trinajstić information content (AvgIpc) is 2.68. The van der Waals surface area contributed by atoms with Crippen LogP contribution in [0.1, 0.15) is 22.0 Å². The second kappa shape index (κ2) is 8.09. The Hall–Kier alpha value is -2.75. The number of primary amides is 1. The van der Waals surface area contributed by atoms with E-state index in [0.717, 1.165) is 5.56 Å². The van der Waals surface area contributed by atoms with Crippen LogP contribution < -0.4 is 10.9 Å². The highest BCUT2D eigenvalue weighted by Crippen LogP contribution is 2.22. The minimum Gasteiger partial charge on any atom is -0.368 e. The highest BCUT2D eigenvalue weighted by Gasteiger charge is 2.30. The van der Waals surface area contributed by atoms with E-state index in [1.54, 1.807) is 11.0 Å². The van der Waals surface area contributed by atoms with Crippen molar-refractivity contribution in [2.75, 3.05) is 26.2 Å². The van der Waals surface area contributed by atoms with Crippen molar-refractivity contribution < 1.29 is 18.0 Å².